The zero-order valence-corrected chi connectivity index (χ0v) is 11.5. The van der Waals surface area contributed by atoms with Gasteiger partial charge in [0.15, 0.2) is 11.3 Å². The minimum atomic E-state index is -0.137. The zero-order chi connectivity index (χ0) is 15.1. The van der Waals surface area contributed by atoms with Crippen molar-refractivity contribution in [1.29, 1.82) is 5.26 Å². The highest BCUT2D eigenvalue weighted by Crippen LogP contribution is 2.16. The minimum Gasteiger partial charge on any atom is -0.330 e. The fraction of sp³-hybridized carbons (Fsp3) is 0.214. The molecule has 1 N–H and O–H groups in total. The van der Waals surface area contributed by atoms with Crippen molar-refractivity contribution in [3.63, 3.8) is 0 Å². The van der Waals surface area contributed by atoms with E-state index in [1.807, 2.05) is 12.1 Å². The number of nitrogens with one attached hydrogen (secondary N) is 1. The van der Waals surface area contributed by atoms with Gasteiger partial charge in [-0.1, -0.05) is 0 Å². The van der Waals surface area contributed by atoms with Crippen molar-refractivity contribution in [2.75, 3.05) is 6.54 Å². The number of H-pyrrole nitrogens is 1. The van der Waals surface area contributed by atoms with Crippen molar-refractivity contribution < 1.29 is 4.79 Å². The molecule has 3 aromatic rings. The predicted molar refractivity (Wildman–Crippen MR) is 75.6 cm³/mol. The van der Waals surface area contributed by atoms with Gasteiger partial charge in [-0.25, -0.2) is 4.98 Å². The molecule has 0 spiro atoms. The average Bonchev–Trinajstić information content (AvgIpc) is 3.18. The molecule has 1 amide bonds. The number of rotatable bonds is 1. The smallest absolute Gasteiger partial charge is 0.272 e. The molecule has 0 aromatic carbocycles. The molecule has 0 unspecified atom stereocenters. The van der Waals surface area contributed by atoms with Gasteiger partial charge >= 0.3 is 0 Å². The SMILES string of the molecule is N#Cc1cc2n(n1)CCN(C(=O)c1ccc3cn[nH]c3n1)C2. The van der Waals surface area contributed by atoms with Crippen LogP contribution in [0.15, 0.2) is 24.4 Å². The van der Waals surface area contributed by atoms with Crippen molar-refractivity contribution >= 4 is 16.9 Å². The number of pyridine rings is 1. The third kappa shape index (κ3) is 1.91. The number of aromatic nitrogens is 5. The summed E-state index contributed by atoms with van der Waals surface area (Å²) in [5, 5.41) is 20.6. The molecular formula is C14H11N7O. The Morgan fingerprint density at radius 2 is 2.27 bits per heavy atom. The van der Waals surface area contributed by atoms with Crippen LogP contribution in [0.2, 0.25) is 0 Å². The van der Waals surface area contributed by atoms with Crippen LogP contribution in [-0.2, 0) is 13.1 Å². The molecule has 1 aliphatic rings. The molecular weight excluding hydrogens is 282 g/mol. The second-order valence-corrected chi connectivity index (χ2v) is 5.09. The van der Waals surface area contributed by atoms with Crippen LogP contribution in [0.25, 0.3) is 11.0 Å². The maximum absolute atomic E-state index is 12.6. The highest BCUT2D eigenvalue weighted by molar-refractivity contribution is 5.94. The van der Waals surface area contributed by atoms with E-state index in [9.17, 15) is 4.79 Å². The number of amides is 1. The van der Waals surface area contributed by atoms with Gasteiger partial charge in [-0.3, -0.25) is 14.6 Å². The Labute approximate surface area is 125 Å². The van der Waals surface area contributed by atoms with Gasteiger partial charge in [0.25, 0.3) is 5.91 Å². The molecule has 0 fully saturated rings. The van der Waals surface area contributed by atoms with Crippen molar-refractivity contribution in [2.24, 2.45) is 0 Å². The topological polar surface area (TPSA) is 103 Å². The van der Waals surface area contributed by atoms with E-state index in [4.69, 9.17) is 5.26 Å². The van der Waals surface area contributed by atoms with E-state index in [0.717, 1.165) is 11.1 Å². The Bertz CT molecular complexity index is 917. The molecule has 0 radical (unpaired) electrons. The van der Waals surface area contributed by atoms with Crippen molar-refractivity contribution in [1.82, 2.24) is 29.9 Å². The van der Waals surface area contributed by atoms with Gasteiger partial charge in [-0.2, -0.15) is 15.5 Å². The summed E-state index contributed by atoms with van der Waals surface area (Å²) < 4.78 is 1.77. The molecule has 0 aliphatic carbocycles. The number of hydrogen-bond acceptors (Lipinski definition) is 5. The third-order valence-electron chi connectivity index (χ3n) is 3.72. The lowest BCUT2D eigenvalue weighted by Crippen LogP contribution is -2.38. The van der Waals surface area contributed by atoms with E-state index in [0.29, 0.717) is 36.7 Å². The highest BCUT2D eigenvalue weighted by Gasteiger charge is 2.24. The summed E-state index contributed by atoms with van der Waals surface area (Å²) in [5.41, 5.74) is 2.21. The quantitative estimate of drug-likeness (QED) is 0.710. The Kier molecular flexibility index (Phi) is 2.66. The normalized spacial score (nSPS) is 13.9. The second-order valence-electron chi connectivity index (χ2n) is 5.09. The monoisotopic (exact) mass is 293 g/mol. The van der Waals surface area contributed by atoms with Gasteiger partial charge in [0.1, 0.15) is 11.8 Å². The van der Waals surface area contributed by atoms with Crippen molar-refractivity contribution in [3.8, 4) is 6.07 Å². The Morgan fingerprint density at radius 1 is 1.36 bits per heavy atom. The van der Waals surface area contributed by atoms with Crippen LogP contribution in [0.1, 0.15) is 21.9 Å². The number of fused-ring (bicyclic) bond motifs is 2. The maximum atomic E-state index is 12.6. The van der Waals surface area contributed by atoms with Crippen LogP contribution in [0.4, 0.5) is 0 Å². The lowest BCUT2D eigenvalue weighted by atomic mass is 10.2. The van der Waals surface area contributed by atoms with E-state index in [-0.39, 0.29) is 5.91 Å². The van der Waals surface area contributed by atoms with Crippen LogP contribution in [-0.4, -0.2) is 42.3 Å². The summed E-state index contributed by atoms with van der Waals surface area (Å²) in [4.78, 5) is 18.6. The summed E-state index contributed by atoms with van der Waals surface area (Å²) in [6.07, 6.45) is 1.67. The highest BCUT2D eigenvalue weighted by atomic mass is 16.2. The molecule has 1 aliphatic heterocycles. The van der Waals surface area contributed by atoms with Crippen LogP contribution in [0, 0.1) is 11.3 Å². The number of nitrogens with zero attached hydrogens (tertiary/aromatic N) is 6. The van der Waals surface area contributed by atoms with Gasteiger partial charge in [0, 0.05) is 11.9 Å². The Morgan fingerprint density at radius 3 is 3.14 bits per heavy atom. The zero-order valence-electron chi connectivity index (χ0n) is 11.5. The summed E-state index contributed by atoms with van der Waals surface area (Å²) in [6, 6.07) is 7.25. The van der Waals surface area contributed by atoms with Crippen LogP contribution in [0.5, 0.6) is 0 Å². The standard InChI is InChI=1S/C14H11N7O/c15-6-10-5-11-8-20(3-4-21(11)19-10)14(22)12-2-1-9-7-16-18-13(9)17-12/h1-2,5,7H,3-4,8H2,(H,16,17,18). The van der Waals surface area contributed by atoms with Gasteiger partial charge in [0.05, 0.1) is 25.0 Å². The Balaban J connectivity index is 1.62. The first-order valence-electron chi connectivity index (χ1n) is 6.81. The van der Waals surface area contributed by atoms with E-state index in [1.165, 1.54) is 0 Å². The van der Waals surface area contributed by atoms with Gasteiger partial charge in [0.2, 0.25) is 0 Å². The molecule has 4 heterocycles. The van der Waals surface area contributed by atoms with Crippen molar-refractivity contribution in [3.05, 3.63) is 41.5 Å². The van der Waals surface area contributed by atoms with Crippen LogP contribution < -0.4 is 0 Å². The first kappa shape index (κ1) is 12.5. The first-order valence-corrected chi connectivity index (χ1v) is 6.81. The number of nitriles is 1. The van der Waals surface area contributed by atoms with Crippen molar-refractivity contribution in [2.45, 2.75) is 13.1 Å². The molecule has 0 bridgehead atoms. The summed E-state index contributed by atoms with van der Waals surface area (Å²) >= 11 is 0. The first-order chi connectivity index (χ1) is 10.7. The van der Waals surface area contributed by atoms with Crippen LogP contribution >= 0.6 is 0 Å². The fourth-order valence-electron chi connectivity index (χ4n) is 2.60. The summed E-state index contributed by atoms with van der Waals surface area (Å²) in [6.45, 7) is 1.55. The lowest BCUT2D eigenvalue weighted by Gasteiger charge is -2.27. The molecule has 8 nitrogen and oxygen atoms in total. The molecule has 0 saturated heterocycles. The third-order valence-corrected chi connectivity index (χ3v) is 3.72. The van der Waals surface area contributed by atoms with E-state index in [2.05, 4.69) is 20.3 Å². The predicted octanol–water partition coefficient (Wildman–Crippen LogP) is 0.682. The molecule has 3 aromatic heterocycles. The van der Waals surface area contributed by atoms with E-state index in [1.54, 1.807) is 27.9 Å². The largest absolute Gasteiger partial charge is 0.330 e. The Hall–Kier alpha value is -3.21. The van der Waals surface area contributed by atoms with Gasteiger partial charge in [-0.15, -0.1) is 0 Å². The van der Waals surface area contributed by atoms with E-state index < -0.39 is 0 Å². The molecule has 8 heteroatoms. The molecule has 4 rings (SSSR count). The van der Waals surface area contributed by atoms with Gasteiger partial charge in [-0.05, 0) is 18.2 Å². The van der Waals surface area contributed by atoms with E-state index >= 15 is 0 Å². The molecule has 22 heavy (non-hydrogen) atoms. The minimum absolute atomic E-state index is 0.137. The summed E-state index contributed by atoms with van der Waals surface area (Å²) in [7, 11) is 0. The average molecular weight is 293 g/mol. The van der Waals surface area contributed by atoms with Crippen LogP contribution in [0.3, 0.4) is 0 Å². The summed E-state index contributed by atoms with van der Waals surface area (Å²) in [5.74, 6) is -0.137. The van der Waals surface area contributed by atoms with Gasteiger partial charge < -0.3 is 4.90 Å². The second kappa shape index (κ2) is 4.66. The number of carbonyl (C=O) groups is 1. The maximum Gasteiger partial charge on any atom is 0.272 e. The molecule has 0 atom stereocenters. The molecule has 0 saturated carbocycles. The number of aromatic amines is 1. The lowest BCUT2D eigenvalue weighted by molar-refractivity contribution is 0.0700. The number of hydrogen-bond donors (Lipinski definition) is 1. The molecule has 108 valence electrons. The fourth-order valence-corrected chi connectivity index (χ4v) is 2.60. The number of carbonyl (C=O) groups excluding carboxylic acids is 1.